The summed E-state index contributed by atoms with van der Waals surface area (Å²) in [7, 11) is 0. The van der Waals surface area contributed by atoms with Crippen LogP contribution in [0.25, 0.3) is 10.8 Å². The van der Waals surface area contributed by atoms with Crippen LogP contribution >= 0.6 is 15.9 Å². The van der Waals surface area contributed by atoms with Gasteiger partial charge in [0.2, 0.25) is 0 Å². The summed E-state index contributed by atoms with van der Waals surface area (Å²) in [5.74, 6) is 0. The van der Waals surface area contributed by atoms with Crippen molar-refractivity contribution in [1.29, 1.82) is 0 Å². The first kappa shape index (κ1) is 22.5. The van der Waals surface area contributed by atoms with Gasteiger partial charge in [-0.2, -0.15) is 12.1 Å². The van der Waals surface area contributed by atoms with Crippen molar-refractivity contribution in [2.24, 2.45) is 0 Å². The molecule has 104 valence electrons. The number of hydrogen-bond donors (Lipinski definition) is 0. The SMILES string of the molecule is Cc1cc2c(C)c(Br)ccc2[cH-]1.[C-]1=CC=CC1.[Cl-].[Cl-].[Zr+4]. The van der Waals surface area contributed by atoms with Crippen LogP contribution in [0.3, 0.4) is 0 Å². The van der Waals surface area contributed by atoms with Gasteiger partial charge in [0.25, 0.3) is 0 Å². The topological polar surface area (TPSA) is 0 Å². The molecule has 0 aliphatic heterocycles. The molecule has 1 aliphatic rings. The summed E-state index contributed by atoms with van der Waals surface area (Å²) in [6.45, 7) is 4.28. The number of fused-ring (bicyclic) bond motifs is 1. The summed E-state index contributed by atoms with van der Waals surface area (Å²) >= 11 is 3.53. The fourth-order valence-corrected chi connectivity index (χ4v) is 2.24. The fourth-order valence-electron chi connectivity index (χ4n) is 1.90. The van der Waals surface area contributed by atoms with Gasteiger partial charge in [-0.3, -0.25) is 6.08 Å². The standard InChI is InChI=1S/C11H10Br.C5H5.2ClH.Zr/c1-7-5-9-3-4-11(12)8(2)10(9)6-7;1-2-4-5-3-1;;;/h3-6H,1-2H3;1-3H,4H2;2*1H;/q2*-1;;;+4/p-2. The van der Waals surface area contributed by atoms with Gasteiger partial charge in [-0.15, -0.1) is 34.9 Å². The van der Waals surface area contributed by atoms with E-state index in [0.717, 1.165) is 6.42 Å². The van der Waals surface area contributed by atoms with Crippen molar-refractivity contribution in [2.75, 3.05) is 0 Å². The molecule has 0 aromatic heterocycles. The number of aryl methyl sites for hydroxylation is 2. The Morgan fingerprint density at radius 3 is 2.40 bits per heavy atom. The number of hydrogen-bond acceptors (Lipinski definition) is 0. The van der Waals surface area contributed by atoms with E-state index in [0.29, 0.717) is 0 Å². The van der Waals surface area contributed by atoms with Crippen LogP contribution in [0.4, 0.5) is 0 Å². The minimum Gasteiger partial charge on any atom is -1.00 e. The number of rotatable bonds is 0. The van der Waals surface area contributed by atoms with Crippen molar-refractivity contribution in [2.45, 2.75) is 20.3 Å². The van der Waals surface area contributed by atoms with Gasteiger partial charge in [-0.1, -0.05) is 34.5 Å². The van der Waals surface area contributed by atoms with Crippen molar-refractivity contribution in [3.8, 4) is 0 Å². The Hall–Kier alpha value is 0.253. The van der Waals surface area contributed by atoms with E-state index >= 15 is 0 Å². The zero-order chi connectivity index (χ0) is 12.3. The van der Waals surface area contributed by atoms with E-state index in [2.05, 4.69) is 66.2 Å². The summed E-state index contributed by atoms with van der Waals surface area (Å²) in [4.78, 5) is 0. The molecule has 0 spiro atoms. The molecule has 0 atom stereocenters. The smallest absolute Gasteiger partial charge is 1.00 e. The van der Waals surface area contributed by atoms with Crippen molar-refractivity contribution >= 4 is 26.7 Å². The van der Waals surface area contributed by atoms with Crippen LogP contribution in [-0.4, -0.2) is 0 Å². The Balaban J connectivity index is 0. The monoisotopic (exact) mass is 446 g/mol. The summed E-state index contributed by atoms with van der Waals surface area (Å²) in [6.07, 6.45) is 10.0. The molecule has 2 aromatic rings. The Bertz CT molecular complexity index is 575. The van der Waals surface area contributed by atoms with E-state index in [-0.39, 0.29) is 51.0 Å². The normalized spacial score (nSPS) is 10.9. The molecule has 0 unspecified atom stereocenters. The molecule has 0 N–H and O–H groups in total. The first-order chi connectivity index (χ1) is 8.18. The summed E-state index contributed by atoms with van der Waals surface area (Å²) < 4.78 is 1.20. The molecular formula is C16H15BrCl2Zr. The van der Waals surface area contributed by atoms with Gasteiger partial charge in [-0.05, 0) is 6.92 Å². The average molecular weight is 449 g/mol. The average Bonchev–Trinajstić information content (AvgIpc) is 2.95. The zero-order valence-corrected chi connectivity index (χ0v) is 16.9. The molecule has 20 heavy (non-hydrogen) atoms. The molecule has 0 heterocycles. The molecule has 2 aromatic carbocycles. The molecule has 3 rings (SSSR count). The minimum atomic E-state index is 0. The minimum absolute atomic E-state index is 0. The van der Waals surface area contributed by atoms with E-state index in [4.69, 9.17) is 0 Å². The van der Waals surface area contributed by atoms with Crippen LogP contribution in [-0.2, 0) is 26.2 Å². The van der Waals surface area contributed by atoms with Gasteiger partial charge in [-0.25, -0.2) is 12.2 Å². The molecule has 0 bridgehead atoms. The second-order valence-corrected chi connectivity index (χ2v) is 5.07. The van der Waals surface area contributed by atoms with Crippen LogP contribution in [0.5, 0.6) is 0 Å². The van der Waals surface area contributed by atoms with Crippen molar-refractivity contribution in [3.63, 3.8) is 0 Å². The van der Waals surface area contributed by atoms with E-state index in [1.165, 1.54) is 26.4 Å². The largest absolute Gasteiger partial charge is 4.00 e. The van der Waals surface area contributed by atoms with Crippen LogP contribution in [0.1, 0.15) is 17.5 Å². The van der Waals surface area contributed by atoms with Gasteiger partial charge in [0, 0.05) is 4.47 Å². The fraction of sp³-hybridized carbons (Fsp3) is 0.188. The van der Waals surface area contributed by atoms with Crippen LogP contribution in [0, 0.1) is 19.9 Å². The maximum Gasteiger partial charge on any atom is 4.00 e. The van der Waals surface area contributed by atoms with Crippen LogP contribution < -0.4 is 24.8 Å². The third-order valence-corrected chi connectivity index (χ3v) is 3.68. The molecule has 0 saturated heterocycles. The predicted octanol–water partition coefficient (Wildman–Crippen LogP) is -0.751. The summed E-state index contributed by atoms with van der Waals surface area (Å²) in [5, 5.41) is 2.70. The zero-order valence-electron chi connectivity index (χ0n) is 11.4. The van der Waals surface area contributed by atoms with Gasteiger partial charge in [0.15, 0.2) is 0 Å². The van der Waals surface area contributed by atoms with Crippen LogP contribution in [0.15, 0.2) is 47.0 Å². The molecule has 0 saturated carbocycles. The van der Waals surface area contributed by atoms with E-state index in [1.807, 2.05) is 12.2 Å². The predicted molar refractivity (Wildman–Crippen MR) is 78.3 cm³/mol. The second kappa shape index (κ2) is 10.9. The maximum absolute atomic E-state index is 3.53. The van der Waals surface area contributed by atoms with E-state index in [9.17, 15) is 0 Å². The maximum atomic E-state index is 3.53. The molecule has 1 aliphatic carbocycles. The molecule has 0 amide bonds. The van der Waals surface area contributed by atoms with Crippen molar-refractivity contribution < 1.29 is 51.0 Å². The Labute approximate surface area is 161 Å². The number of halogens is 3. The van der Waals surface area contributed by atoms with E-state index in [1.54, 1.807) is 0 Å². The molecule has 4 heteroatoms. The van der Waals surface area contributed by atoms with Gasteiger partial charge < -0.3 is 24.8 Å². The third kappa shape index (κ3) is 5.94. The van der Waals surface area contributed by atoms with Gasteiger partial charge >= 0.3 is 26.2 Å². The molecular weight excluding hydrogens is 434 g/mol. The Morgan fingerprint density at radius 2 is 1.90 bits per heavy atom. The summed E-state index contributed by atoms with van der Waals surface area (Å²) in [6, 6.07) is 8.71. The molecule has 0 nitrogen and oxygen atoms in total. The second-order valence-electron chi connectivity index (χ2n) is 4.21. The quantitative estimate of drug-likeness (QED) is 0.465. The molecule has 0 fully saturated rings. The first-order valence-corrected chi connectivity index (χ1v) is 6.51. The van der Waals surface area contributed by atoms with Gasteiger partial charge in [0.05, 0.1) is 0 Å². The summed E-state index contributed by atoms with van der Waals surface area (Å²) in [5.41, 5.74) is 2.67. The first-order valence-electron chi connectivity index (χ1n) is 5.72. The molecule has 0 radical (unpaired) electrons. The Kier molecular flexibility index (Phi) is 12.3. The van der Waals surface area contributed by atoms with Crippen molar-refractivity contribution in [3.05, 3.63) is 64.2 Å². The van der Waals surface area contributed by atoms with E-state index < -0.39 is 0 Å². The third-order valence-electron chi connectivity index (χ3n) is 2.82. The van der Waals surface area contributed by atoms with Crippen LogP contribution in [0.2, 0.25) is 0 Å². The van der Waals surface area contributed by atoms with Gasteiger partial charge in [0.1, 0.15) is 0 Å². The van der Waals surface area contributed by atoms with Crippen molar-refractivity contribution in [1.82, 2.24) is 0 Å². The number of allylic oxidation sites excluding steroid dienone is 4. The number of benzene rings is 1. The Morgan fingerprint density at radius 1 is 1.20 bits per heavy atom.